The summed E-state index contributed by atoms with van der Waals surface area (Å²) in [6, 6.07) is 38.0. The third kappa shape index (κ3) is 3.19. The molecule has 0 N–H and O–H groups in total. The van der Waals surface area contributed by atoms with E-state index in [1.165, 1.54) is 35.7 Å². The maximum atomic E-state index is 2.43. The van der Waals surface area contributed by atoms with Crippen molar-refractivity contribution < 1.29 is 0 Å². The van der Waals surface area contributed by atoms with Crippen molar-refractivity contribution in [2.75, 3.05) is 0 Å². The molecular weight excluding hydrogens is 340 g/mol. The van der Waals surface area contributed by atoms with Crippen LogP contribution in [0.25, 0.3) is 0 Å². The van der Waals surface area contributed by atoms with Gasteiger partial charge in [0.05, 0.1) is 8.07 Å². The third-order valence-electron chi connectivity index (χ3n) is 7.06. The van der Waals surface area contributed by atoms with Crippen molar-refractivity contribution in [1.82, 2.24) is 0 Å². The predicted molar refractivity (Wildman–Crippen MR) is 119 cm³/mol. The summed E-state index contributed by atoms with van der Waals surface area (Å²) in [5.74, 6) is 0.758. The second-order valence-corrected chi connectivity index (χ2v) is 13.1. The highest BCUT2D eigenvalue weighted by molar-refractivity contribution is 6.91. The zero-order valence-corrected chi connectivity index (χ0v) is 17.6. The number of benzene rings is 3. The van der Waals surface area contributed by atoms with Crippen molar-refractivity contribution in [3.63, 3.8) is 0 Å². The molecule has 0 aliphatic heterocycles. The Morgan fingerprint density at radius 3 is 1.59 bits per heavy atom. The normalized spacial score (nSPS) is 18.2. The Morgan fingerprint density at radius 2 is 1.15 bits per heavy atom. The van der Waals surface area contributed by atoms with E-state index in [1.54, 1.807) is 5.19 Å². The predicted octanol–water partition coefficient (Wildman–Crippen LogP) is 6.39. The smallest absolute Gasteiger partial charge is 0.0675 e. The van der Waals surface area contributed by atoms with Crippen molar-refractivity contribution in [3.8, 4) is 0 Å². The van der Waals surface area contributed by atoms with Crippen LogP contribution in [0.2, 0.25) is 18.1 Å². The Morgan fingerprint density at radius 1 is 0.704 bits per heavy atom. The van der Waals surface area contributed by atoms with E-state index in [9.17, 15) is 0 Å². The van der Waals surface area contributed by atoms with E-state index in [2.05, 4.69) is 105 Å². The molecule has 0 radical (unpaired) electrons. The SMILES string of the molecule is CC[Si](CC)(CC1CC1(c1ccccc1)c1ccccc1)c1ccccc1. The van der Waals surface area contributed by atoms with E-state index >= 15 is 0 Å². The Bertz CT molecular complexity index is 811. The van der Waals surface area contributed by atoms with Crippen molar-refractivity contribution in [1.29, 1.82) is 0 Å². The summed E-state index contributed by atoms with van der Waals surface area (Å²) < 4.78 is 0. The topological polar surface area (TPSA) is 0 Å². The largest absolute Gasteiger partial charge is 0.0864 e. The molecule has 1 heteroatoms. The van der Waals surface area contributed by atoms with E-state index in [4.69, 9.17) is 0 Å². The van der Waals surface area contributed by atoms with Gasteiger partial charge in [-0.25, -0.2) is 0 Å². The molecule has 27 heavy (non-hydrogen) atoms. The lowest BCUT2D eigenvalue weighted by Crippen LogP contribution is -2.47. The summed E-state index contributed by atoms with van der Waals surface area (Å²) in [4.78, 5) is 0. The van der Waals surface area contributed by atoms with E-state index in [0.29, 0.717) is 0 Å². The fraction of sp³-hybridized carbons (Fsp3) is 0.308. The second kappa shape index (κ2) is 7.48. The first kappa shape index (κ1) is 18.2. The van der Waals surface area contributed by atoms with Crippen LogP contribution < -0.4 is 5.19 Å². The first-order valence-corrected chi connectivity index (χ1v) is 13.0. The fourth-order valence-corrected chi connectivity index (χ4v) is 9.71. The van der Waals surface area contributed by atoms with Gasteiger partial charge < -0.3 is 0 Å². The van der Waals surface area contributed by atoms with Gasteiger partial charge in [0.2, 0.25) is 0 Å². The van der Waals surface area contributed by atoms with Crippen molar-refractivity contribution in [2.24, 2.45) is 5.92 Å². The van der Waals surface area contributed by atoms with Gasteiger partial charge in [0, 0.05) is 5.41 Å². The maximum Gasteiger partial charge on any atom is 0.0864 e. The van der Waals surface area contributed by atoms with Crippen LogP contribution in [0, 0.1) is 5.92 Å². The van der Waals surface area contributed by atoms with Gasteiger partial charge in [0.1, 0.15) is 0 Å². The molecule has 1 atom stereocenters. The molecule has 0 amide bonds. The minimum absolute atomic E-state index is 0.222. The van der Waals surface area contributed by atoms with E-state index in [0.717, 1.165) is 5.92 Å². The molecule has 0 heterocycles. The van der Waals surface area contributed by atoms with E-state index < -0.39 is 8.07 Å². The Kier molecular flexibility index (Phi) is 5.05. The summed E-state index contributed by atoms with van der Waals surface area (Å²) in [7, 11) is -1.47. The van der Waals surface area contributed by atoms with E-state index in [1.807, 2.05) is 0 Å². The second-order valence-electron chi connectivity index (χ2n) is 8.16. The third-order valence-corrected chi connectivity index (χ3v) is 12.6. The lowest BCUT2D eigenvalue weighted by Gasteiger charge is -2.32. The lowest BCUT2D eigenvalue weighted by atomic mass is 9.86. The molecule has 4 rings (SSSR count). The van der Waals surface area contributed by atoms with Crippen LogP contribution >= 0.6 is 0 Å². The Hall–Kier alpha value is -2.12. The van der Waals surface area contributed by atoms with Gasteiger partial charge in [-0.3, -0.25) is 0 Å². The standard InChI is InChI=1S/C26H30Si/c1-3-27(4-2,25-18-12-7-13-19-25)21-24-20-26(24,22-14-8-5-9-15-22)23-16-10-6-11-17-23/h5-19,24H,3-4,20-21H2,1-2H3. The fourth-order valence-electron chi connectivity index (χ4n) is 5.25. The first-order valence-electron chi connectivity index (χ1n) is 10.4. The van der Waals surface area contributed by atoms with Crippen LogP contribution in [-0.4, -0.2) is 8.07 Å². The summed E-state index contributed by atoms with van der Waals surface area (Å²) in [5, 5.41) is 1.65. The zero-order chi connectivity index (χ0) is 18.7. The Balaban J connectivity index is 1.72. The molecule has 0 saturated heterocycles. The van der Waals surface area contributed by atoms with Crippen LogP contribution in [0.3, 0.4) is 0 Å². The molecule has 1 unspecified atom stereocenters. The average molecular weight is 371 g/mol. The minimum atomic E-state index is -1.47. The molecule has 0 aromatic heterocycles. The quantitative estimate of drug-likeness (QED) is 0.423. The number of hydrogen-bond donors (Lipinski definition) is 0. The molecule has 0 nitrogen and oxygen atoms in total. The molecule has 1 saturated carbocycles. The van der Waals surface area contributed by atoms with Crippen LogP contribution in [0.5, 0.6) is 0 Å². The van der Waals surface area contributed by atoms with Gasteiger partial charge >= 0.3 is 0 Å². The zero-order valence-electron chi connectivity index (χ0n) is 16.6. The molecule has 0 spiro atoms. The maximum absolute atomic E-state index is 2.43. The Labute approximate surface area is 165 Å². The summed E-state index contributed by atoms with van der Waals surface area (Å²) in [5.41, 5.74) is 3.23. The lowest BCUT2D eigenvalue weighted by molar-refractivity contribution is 0.738. The summed E-state index contributed by atoms with van der Waals surface area (Å²) >= 11 is 0. The summed E-state index contributed by atoms with van der Waals surface area (Å²) in [6.45, 7) is 4.86. The molecule has 138 valence electrons. The van der Waals surface area contributed by atoms with Gasteiger partial charge in [0.25, 0.3) is 0 Å². The summed E-state index contributed by atoms with van der Waals surface area (Å²) in [6.07, 6.45) is 1.29. The van der Waals surface area contributed by atoms with Crippen molar-refractivity contribution in [3.05, 3.63) is 102 Å². The molecule has 3 aromatic rings. The van der Waals surface area contributed by atoms with Crippen LogP contribution in [0.4, 0.5) is 0 Å². The molecule has 1 aliphatic rings. The highest BCUT2D eigenvalue weighted by atomic mass is 28.3. The number of rotatable bonds is 7. The number of hydrogen-bond acceptors (Lipinski definition) is 0. The van der Waals surface area contributed by atoms with Gasteiger partial charge in [-0.05, 0) is 29.5 Å². The van der Waals surface area contributed by atoms with Gasteiger partial charge in [-0.15, -0.1) is 0 Å². The van der Waals surface area contributed by atoms with E-state index in [-0.39, 0.29) is 5.41 Å². The van der Waals surface area contributed by atoms with Crippen molar-refractivity contribution in [2.45, 2.75) is 43.8 Å². The van der Waals surface area contributed by atoms with Crippen LogP contribution in [0.1, 0.15) is 31.4 Å². The van der Waals surface area contributed by atoms with Gasteiger partial charge in [-0.1, -0.05) is 122 Å². The molecule has 1 fully saturated rings. The molecule has 0 bridgehead atoms. The average Bonchev–Trinajstić information content (AvgIpc) is 3.49. The van der Waals surface area contributed by atoms with Crippen LogP contribution in [-0.2, 0) is 5.41 Å². The molecule has 3 aromatic carbocycles. The monoisotopic (exact) mass is 370 g/mol. The van der Waals surface area contributed by atoms with Crippen molar-refractivity contribution >= 4 is 13.3 Å². The first-order chi connectivity index (χ1) is 13.2. The van der Waals surface area contributed by atoms with Crippen LogP contribution in [0.15, 0.2) is 91.0 Å². The minimum Gasteiger partial charge on any atom is -0.0675 e. The van der Waals surface area contributed by atoms with Gasteiger partial charge in [0.15, 0.2) is 0 Å². The molecule has 1 aliphatic carbocycles. The highest BCUT2D eigenvalue weighted by Crippen LogP contribution is 2.62. The van der Waals surface area contributed by atoms with Gasteiger partial charge in [-0.2, -0.15) is 0 Å². The highest BCUT2D eigenvalue weighted by Gasteiger charge is 2.58. The molecular formula is C26H30Si.